The van der Waals surface area contributed by atoms with Gasteiger partial charge in [0.25, 0.3) is 5.91 Å². The van der Waals surface area contributed by atoms with Gasteiger partial charge in [-0.3, -0.25) is 14.9 Å². The summed E-state index contributed by atoms with van der Waals surface area (Å²) in [6.07, 6.45) is 6.84. The number of carbonyl (C=O) groups is 1. The zero-order valence-electron chi connectivity index (χ0n) is 16.7. The molecule has 0 bridgehead atoms. The van der Waals surface area contributed by atoms with Gasteiger partial charge in [-0.05, 0) is 47.7 Å². The van der Waals surface area contributed by atoms with Crippen molar-refractivity contribution in [1.29, 1.82) is 0 Å². The lowest BCUT2D eigenvalue weighted by Crippen LogP contribution is -2.33. The lowest BCUT2D eigenvalue weighted by atomic mass is 10.0. The third-order valence-corrected chi connectivity index (χ3v) is 5.73. The molecular weight excluding hydrogens is 380 g/mol. The Bertz CT molecular complexity index is 1060. The van der Waals surface area contributed by atoms with Gasteiger partial charge < -0.3 is 9.67 Å². The van der Waals surface area contributed by atoms with Crippen molar-refractivity contribution in [2.24, 2.45) is 0 Å². The van der Waals surface area contributed by atoms with E-state index in [0.29, 0.717) is 6.54 Å². The van der Waals surface area contributed by atoms with Crippen LogP contribution in [0.5, 0.6) is 0 Å². The molecule has 1 aliphatic rings. The van der Waals surface area contributed by atoms with Gasteiger partial charge in [0.15, 0.2) is 0 Å². The average Bonchev–Trinajstić information content (AvgIpc) is 3.39. The molecule has 3 N–H and O–H groups in total. The first-order valence-electron chi connectivity index (χ1n) is 10.2. The van der Waals surface area contributed by atoms with Crippen LogP contribution in [0.2, 0.25) is 0 Å². The van der Waals surface area contributed by atoms with E-state index in [1.807, 2.05) is 30.6 Å². The van der Waals surface area contributed by atoms with Gasteiger partial charge in [-0.2, -0.15) is 0 Å². The molecule has 2 aromatic carbocycles. The molecule has 4 rings (SSSR count). The lowest BCUT2D eigenvalue weighted by molar-refractivity contribution is -0.124. The number of rotatable bonds is 8. The fourth-order valence-corrected chi connectivity index (χ4v) is 4.28. The molecule has 7 heteroatoms. The highest BCUT2D eigenvalue weighted by atomic mass is 16.5. The van der Waals surface area contributed by atoms with Crippen LogP contribution in [0.4, 0.5) is 0 Å². The molecule has 1 amide bonds. The van der Waals surface area contributed by atoms with Crippen molar-refractivity contribution >= 4 is 23.0 Å². The maximum atomic E-state index is 11.2. The van der Waals surface area contributed by atoms with E-state index in [2.05, 4.69) is 32.7 Å². The third-order valence-electron chi connectivity index (χ3n) is 5.73. The normalized spacial score (nSPS) is 15.9. The van der Waals surface area contributed by atoms with Crippen LogP contribution in [0.3, 0.4) is 0 Å². The average molecular weight is 406 g/mol. The van der Waals surface area contributed by atoms with E-state index in [4.69, 9.17) is 5.21 Å². The number of aliphatic hydroxyl groups excluding tert-OH is 1. The number of nitrogens with zero attached hydrogens (tertiary/aromatic N) is 3. The first kappa shape index (κ1) is 20.3. The summed E-state index contributed by atoms with van der Waals surface area (Å²) < 4.78 is 2.16. The summed E-state index contributed by atoms with van der Waals surface area (Å²) in [6.45, 7) is 2.37. The molecule has 1 atom stereocenters. The molecule has 0 saturated heterocycles. The van der Waals surface area contributed by atoms with E-state index in [-0.39, 0.29) is 12.6 Å². The number of aliphatic hydroxyl groups is 1. The Morgan fingerprint density at radius 3 is 2.97 bits per heavy atom. The van der Waals surface area contributed by atoms with Crippen LogP contribution in [0.25, 0.3) is 17.1 Å². The Balaban J connectivity index is 1.49. The summed E-state index contributed by atoms with van der Waals surface area (Å²) >= 11 is 0. The molecule has 0 spiro atoms. The molecular formula is C23H26N4O3. The zero-order valence-corrected chi connectivity index (χ0v) is 16.7. The molecule has 1 unspecified atom stereocenters. The van der Waals surface area contributed by atoms with E-state index < -0.39 is 5.91 Å². The fourth-order valence-electron chi connectivity index (χ4n) is 4.28. The molecule has 30 heavy (non-hydrogen) atoms. The van der Waals surface area contributed by atoms with Crippen molar-refractivity contribution in [3.63, 3.8) is 0 Å². The molecule has 7 nitrogen and oxygen atoms in total. The Morgan fingerprint density at radius 1 is 1.27 bits per heavy atom. The topological polar surface area (TPSA) is 90.6 Å². The monoisotopic (exact) mass is 406 g/mol. The van der Waals surface area contributed by atoms with Gasteiger partial charge >= 0.3 is 0 Å². The smallest absolute Gasteiger partial charge is 0.267 e. The standard InChI is InChI=1S/C23H26N4O3/c28-14-13-26(11-12-27-16-24-20-3-1-2-4-22(20)27)21-9-7-18-15-17(5-8-19(18)21)6-10-23(29)25-30/h1-6,8,10,15-16,21,28,30H,7,9,11-14H2,(H,25,29). The summed E-state index contributed by atoms with van der Waals surface area (Å²) in [7, 11) is 0. The fraction of sp³-hybridized carbons (Fsp3) is 0.304. The molecule has 156 valence electrons. The van der Waals surface area contributed by atoms with Crippen molar-refractivity contribution in [3.8, 4) is 0 Å². The minimum Gasteiger partial charge on any atom is -0.395 e. The number of para-hydroxylation sites is 2. The molecule has 0 fully saturated rings. The van der Waals surface area contributed by atoms with Gasteiger partial charge in [0.05, 0.1) is 24.0 Å². The highest BCUT2D eigenvalue weighted by Crippen LogP contribution is 2.36. The molecule has 1 aromatic heterocycles. The number of nitrogens with one attached hydrogen (secondary N) is 1. The quantitative estimate of drug-likeness (QED) is 0.304. The first-order valence-corrected chi connectivity index (χ1v) is 10.2. The Labute approximate surface area is 175 Å². The van der Waals surface area contributed by atoms with Crippen molar-refractivity contribution in [2.75, 3.05) is 19.7 Å². The predicted molar refractivity (Wildman–Crippen MR) is 115 cm³/mol. The Morgan fingerprint density at radius 2 is 2.13 bits per heavy atom. The number of hydrogen-bond acceptors (Lipinski definition) is 5. The van der Waals surface area contributed by atoms with Crippen LogP contribution in [0.1, 0.15) is 29.2 Å². The van der Waals surface area contributed by atoms with E-state index in [1.54, 1.807) is 11.6 Å². The van der Waals surface area contributed by atoms with E-state index in [1.165, 1.54) is 17.2 Å². The lowest BCUT2D eigenvalue weighted by Gasteiger charge is -2.29. The molecule has 0 saturated carbocycles. The molecule has 1 heterocycles. The van der Waals surface area contributed by atoms with Crippen LogP contribution in [-0.2, 0) is 17.8 Å². The van der Waals surface area contributed by atoms with Gasteiger partial charge in [-0.15, -0.1) is 0 Å². The van der Waals surface area contributed by atoms with Crippen LogP contribution in [-0.4, -0.2) is 50.4 Å². The molecule has 3 aromatic rings. The summed E-state index contributed by atoms with van der Waals surface area (Å²) in [5.41, 5.74) is 7.19. The SMILES string of the molecule is O=C(C=Cc1ccc2c(c1)CCC2N(CCO)CCn1cnc2ccccc21)NO. The van der Waals surface area contributed by atoms with Gasteiger partial charge in [-0.1, -0.05) is 30.3 Å². The molecule has 0 aliphatic heterocycles. The first-order chi connectivity index (χ1) is 14.7. The van der Waals surface area contributed by atoms with E-state index >= 15 is 0 Å². The number of benzene rings is 2. The summed E-state index contributed by atoms with van der Waals surface area (Å²) in [5.74, 6) is -0.547. The second kappa shape index (κ2) is 9.21. The highest BCUT2D eigenvalue weighted by Gasteiger charge is 2.27. The third kappa shape index (κ3) is 4.28. The number of aryl methyl sites for hydroxylation is 1. The maximum absolute atomic E-state index is 11.2. The minimum absolute atomic E-state index is 0.119. The number of hydroxylamine groups is 1. The predicted octanol–water partition coefficient (Wildman–Crippen LogP) is 2.54. The second-order valence-corrected chi connectivity index (χ2v) is 7.51. The van der Waals surface area contributed by atoms with Crippen molar-refractivity contribution in [1.82, 2.24) is 19.9 Å². The second-order valence-electron chi connectivity index (χ2n) is 7.51. The Hall–Kier alpha value is -3.00. The molecule has 0 radical (unpaired) electrons. The van der Waals surface area contributed by atoms with Gasteiger partial charge in [-0.25, -0.2) is 10.5 Å². The van der Waals surface area contributed by atoms with E-state index in [0.717, 1.165) is 42.5 Å². The number of aromatic nitrogens is 2. The van der Waals surface area contributed by atoms with Crippen molar-refractivity contribution in [3.05, 3.63) is 71.6 Å². The van der Waals surface area contributed by atoms with Gasteiger partial charge in [0.1, 0.15) is 0 Å². The highest BCUT2D eigenvalue weighted by molar-refractivity contribution is 5.90. The molecule has 1 aliphatic carbocycles. The summed E-state index contributed by atoms with van der Waals surface area (Å²) in [5, 5.41) is 18.2. The number of imidazole rings is 1. The number of hydrogen-bond donors (Lipinski definition) is 3. The van der Waals surface area contributed by atoms with E-state index in [9.17, 15) is 9.90 Å². The number of carbonyl (C=O) groups excluding carboxylic acids is 1. The van der Waals surface area contributed by atoms with Crippen LogP contribution in [0, 0.1) is 0 Å². The number of amides is 1. The summed E-state index contributed by atoms with van der Waals surface area (Å²) in [6, 6.07) is 14.6. The van der Waals surface area contributed by atoms with Crippen LogP contribution >= 0.6 is 0 Å². The zero-order chi connectivity index (χ0) is 20.9. The number of fused-ring (bicyclic) bond motifs is 2. The Kier molecular flexibility index (Phi) is 6.23. The van der Waals surface area contributed by atoms with Gasteiger partial charge in [0.2, 0.25) is 0 Å². The maximum Gasteiger partial charge on any atom is 0.267 e. The summed E-state index contributed by atoms with van der Waals surface area (Å²) in [4.78, 5) is 18.0. The van der Waals surface area contributed by atoms with Gasteiger partial charge in [0, 0.05) is 31.8 Å². The van der Waals surface area contributed by atoms with Crippen molar-refractivity contribution in [2.45, 2.75) is 25.4 Å². The largest absolute Gasteiger partial charge is 0.395 e. The minimum atomic E-state index is -0.547. The van der Waals surface area contributed by atoms with Crippen LogP contribution in [0.15, 0.2) is 54.9 Å². The van der Waals surface area contributed by atoms with Crippen LogP contribution < -0.4 is 5.48 Å². The van der Waals surface area contributed by atoms with Crippen molar-refractivity contribution < 1.29 is 15.1 Å².